The van der Waals surface area contributed by atoms with Crippen molar-refractivity contribution in [1.29, 1.82) is 0 Å². The second-order valence-electron chi connectivity index (χ2n) is 5.42. The molecule has 4 aromatic rings. The third kappa shape index (κ3) is 2.22. The predicted molar refractivity (Wildman–Crippen MR) is 94.0 cm³/mol. The van der Waals surface area contributed by atoms with Gasteiger partial charge in [0, 0.05) is 16.6 Å². The first-order valence-corrected chi connectivity index (χ1v) is 7.76. The first kappa shape index (κ1) is 14.3. The van der Waals surface area contributed by atoms with Crippen molar-refractivity contribution >= 4 is 45.0 Å². The maximum atomic E-state index is 12.7. The van der Waals surface area contributed by atoms with E-state index in [0.29, 0.717) is 31.9 Å². The van der Waals surface area contributed by atoms with Gasteiger partial charge in [-0.15, -0.1) is 0 Å². The average molecular weight is 344 g/mol. The van der Waals surface area contributed by atoms with Gasteiger partial charge in [0.15, 0.2) is 0 Å². The number of H-pyrrole nitrogens is 1. The molecular formula is C17H11Cl2N3O. The minimum atomic E-state index is -0.163. The molecule has 0 spiro atoms. The van der Waals surface area contributed by atoms with Crippen LogP contribution in [0.2, 0.25) is 10.0 Å². The molecule has 2 aromatic heterocycles. The van der Waals surface area contributed by atoms with Gasteiger partial charge in [-0.2, -0.15) is 0 Å². The second-order valence-corrected chi connectivity index (χ2v) is 6.26. The molecule has 0 amide bonds. The van der Waals surface area contributed by atoms with Crippen molar-refractivity contribution in [2.75, 3.05) is 0 Å². The molecule has 0 aliphatic carbocycles. The number of nitrogens with one attached hydrogen (secondary N) is 1. The highest BCUT2D eigenvalue weighted by Crippen LogP contribution is 2.31. The Bertz CT molecular complexity index is 1110. The van der Waals surface area contributed by atoms with Crippen molar-refractivity contribution in [2.24, 2.45) is 0 Å². The highest BCUT2D eigenvalue weighted by Gasteiger charge is 2.14. The molecular weight excluding hydrogens is 333 g/mol. The van der Waals surface area contributed by atoms with E-state index in [4.69, 9.17) is 23.2 Å². The Hall–Kier alpha value is -2.30. The molecule has 1 N–H and O–H groups in total. The van der Waals surface area contributed by atoms with Gasteiger partial charge in [0.05, 0.1) is 27.1 Å². The summed E-state index contributed by atoms with van der Waals surface area (Å²) in [6.07, 6.45) is 1.55. The standard InChI is InChI=1S/C17H11Cl2N3O/c1-9-2-4-11(5-3-9)22-17(23)12-8-20-14-7-10(18)6-13(19)15(14)16(12)21-22/h2-8,21H,1H3. The largest absolute Gasteiger partial charge is 0.289 e. The summed E-state index contributed by atoms with van der Waals surface area (Å²) in [6.45, 7) is 2.00. The summed E-state index contributed by atoms with van der Waals surface area (Å²) in [4.78, 5) is 17.0. The molecule has 2 heterocycles. The maximum absolute atomic E-state index is 12.7. The molecule has 23 heavy (non-hydrogen) atoms. The first-order chi connectivity index (χ1) is 11.0. The third-order valence-electron chi connectivity index (χ3n) is 3.84. The number of nitrogens with zero attached hydrogens (tertiary/aromatic N) is 2. The van der Waals surface area contributed by atoms with E-state index in [0.717, 1.165) is 11.3 Å². The van der Waals surface area contributed by atoms with Gasteiger partial charge in [0.25, 0.3) is 5.56 Å². The Morgan fingerprint density at radius 2 is 1.87 bits per heavy atom. The summed E-state index contributed by atoms with van der Waals surface area (Å²) in [5.74, 6) is 0. The average Bonchev–Trinajstić information content (AvgIpc) is 2.84. The first-order valence-electron chi connectivity index (χ1n) is 7.00. The maximum Gasteiger partial charge on any atom is 0.280 e. The molecule has 0 fully saturated rings. The molecule has 0 aliphatic rings. The van der Waals surface area contributed by atoms with Crippen molar-refractivity contribution in [3.8, 4) is 5.69 Å². The Labute approximate surface area is 141 Å². The summed E-state index contributed by atoms with van der Waals surface area (Å²) < 4.78 is 1.50. The minimum absolute atomic E-state index is 0.163. The SMILES string of the molecule is Cc1ccc(-n2[nH]c3c(cnc4cc(Cl)cc(Cl)c43)c2=O)cc1. The number of hydrogen-bond donors (Lipinski definition) is 1. The van der Waals surface area contributed by atoms with Crippen LogP contribution in [0.3, 0.4) is 0 Å². The number of rotatable bonds is 1. The van der Waals surface area contributed by atoms with Crippen LogP contribution >= 0.6 is 23.2 Å². The Kier molecular flexibility index (Phi) is 3.18. The molecule has 4 rings (SSSR count). The van der Waals surface area contributed by atoms with Gasteiger partial charge in [-0.25, -0.2) is 4.68 Å². The highest BCUT2D eigenvalue weighted by atomic mass is 35.5. The van der Waals surface area contributed by atoms with E-state index in [9.17, 15) is 4.79 Å². The molecule has 4 nitrogen and oxygen atoms in total. The molecule has 0 saturated carbocycles. The number of aromatic amines is 1. The molecule has 0 unspecified atom stereocenters. The molecule has 0 aliphatic heterocycles. The third-order valence-corrected chi connectivity index (χ3v) is 4.35. The Balaban J connectivity index is 2.09. The van der Waals surface area contributed by atoms with Crippen LogP contribution in [0.4, 0.5) is 0 Å². The van der Waals surface area contributed by atoms with Crippen molar-refractivity contribution < 1.29 is 0 Å². The molecule has 2 aromatic carbocycles. The number of aromatic nitrogens is 3. The van der Waals surface area contributed by atoms with E-state index < -0.39 is 0 Å². The lowest BCUT2D eigenvalue weighted by Gasteiger charge is -2.03. The van der Waals surface area contributed by atoms with E-state index in [1.54, 1.807) is 18.3 Å². The number of halogens is 2. The summed E-state index contributed by atoms with van der Waals surface area (Å²) >= 11 is 12.3. The lowest BCUT2D eigenvalue weighted by Crippen LogP contribution is -2.14. The number of benzene rings is 2. The van der Waals surface area contributed by atoms with Gasteiger partial charge in [0.2, 0.25) is 0 Å². The van der Waals surface area contributed by atoms with Gasteiger partial charge < -0.3 is 0 Å². The van der Waals surface area contributed by atoms with E-state index in [-0.39, 0.29) is 5.56 Å². The van der Waals surface area contributed by atoms with Crippen LogP contribution in [-0.4, -0.2) is 14.8 Å². The van der Waals surface area contributed by atoms with Gasteiger partial charge in [0.1, 0.15) is 0 Å². The molecule has 114 valence electrons. The lowest BCUT2D eigenvalue weighted by atomic mass is 10.2. The predicted octanol–water partition coefficient (Wildman–Crippen LogP) is 4.48. The minimum Gasteiger partial charge on any atom is -0.289 e. The van der Waals surface area contributed by atoms with E-state index in [1.165, 1.54) is 4.68 Å². The summed E-state index contributed by atoms with van der Waals surface area (Å²) in [6, 6.07) is 11.1. The zero-order chi connectivity index (χ0) is 16.1. The van der Waals surface area contributed by atoms with Crippen LogP contribution in [0.1, 0.15) is 5.56 Å². The van der Waals surface area contributed by atoms with Crippen LogP contribution in [0.15, 0.2) is 47.4 Å². The van der Waals surface area contributed by atoms with E-state index in [2.05, 4.69) is 10.1 Å². The second kappa shape index (κ2) is 5.11. The normalized spacial score (nSPS) is 11.4. The zero-order valence-electron chi connectivity index (χ0n) is 12.1. The fraction of sp³-hybridized carbons (Fsp3) is 0.0588. The van der Waals surface area contributed by atoms with Crippen LogP contribution in [-0.2, 0) is 0 Å². The van der Waals surface area contributed by atoms with Crippen LogP contribution in [0, 0.1) is 6.92 Å². The fourth-order valence-electron chi connectivity index (χ4n) is 2.68. The number of pyridine rings is 1. The van der Waals surface area contributed by atoms with Crippen molar-refractivity contribution in [1.82, 2.24) is 14.8 Å². The number of aryl methyl sites for hydroxylation is 1. The Morgan fingerprint density at radius 3 is 2.61 bits per heavy atom. The van der Waals surface area contributed by atoms with Crippen LogP contribution < -0.4 is 5.56 Å². The van der Waals surface area contributed by atoms with Crippen molar-refractivity contribution in [3.05, 3.63) is 68.6 Å². The molecule has 0 atom stereocenters. The summed E-state index contributed by atoms with van der Waals surface area (Å²) in [7, 11) is 0. The van der Waals surface area contributed by atoms with Crippen molar-refractivity contribution in [2.45, 2.75) is 6.92 Å². The quantitative estimate of drug-likeness (QED) is 0.553. The topological polar surface area (TPSA) is 50.7 Å². The highest BCUT2D eigenvalue weighted by molar-refractivity contribution is 6.40. The Morgan fingerprint density at radius 1 is 1.13 bits per heavy atom. The van der Waals surface area contributed by atoms with E-state index in [1.807, 2.05) is 31.2 Å². The smallest absolute Gasteiger partial charge is 0.280 e. The monoisotopic (exact) mass is 343 g/mol. The van der Waals surface area contributed by atoms with Gasteiger partial charge in [-0.05, 0) is 31.2 Å². The fourth-order valence-corrected chi connectivity index (χ4v) is 3.26. The zero-order valence-corrected chi connectivity index (χ0v) is 13.6. The molecule has 0 radical (unpaired) electrons. The van der Waals surface area contributed by atoms with Gasteiger partial charge in [-0.1, -0.05) is 40.9 Å². The number of fused-ring (bicyclic) bond motifs is 3. The van der Waals surface area contributed by atoms with E-state index >= 15 is 0 Å². The van der Waals surface area contributed by atoms with Gasteiger partial charge >= 0.3 is 0 Å². The lowest BCUT2D eigenvalue weighted by molar-refractivity contribution is 0.864. The van der Waals surface area contributed by atoms with Gasteiger partial charge in [-0.3, -0.25) is 14.9 Å². The number of hydrogen-bond acceptors (Lipinski definition) is 2. The van der Waals surface area contributed by atoms with Crippen molar-refractivity contribution in [3.63, 3.8) is 0 Å². The molecule has 6 heteroatoms. The molecule has 0 bridgehead atoms. The molecule has 0 saturated heterocycles. The van der Waals surface area contributed by atoms with Crippen LogP contribution in [0.5, 0.6) is 0 Å². The van der Waals surface area contributed by atoms with Crippen LogP contribution in [0.25, 0.3) is 27.5 Å². The summed E-state index contributed by atoms with van der Waals surface area (Å²) in [5, 5.41) is 5.29. The summed E-state index contributed by atoms with van der Waals surface area (Å²) in [5.41, 5.74) is 3.02.